The Bertz CT molecular complexity index is 928. The van der Waals surface area contributed by atoms with Gasteiger partial charge in [0.2, 0.25) is 0 Å². The van der Waals surface area contributed by atoms with Gasteiger partial charge < -0.3 is 9.47 Å². The van der Waals surface area contributed by atoms with Crippen molar-refractivity contribution in [1.82, 2.24) is 14.5 Å². The van der Waals surface area contributed by atoms with Crippen LogP contribution < -0.4 is 4.90 Å². The number of imidazole rings is 1. The van der Waals surface area contributed by atoms with Gasteiger partial charge in [-0.1, -0.05) is 35.3 Å². The fraction of sp³-hybridized carbons (Fsp3) is 0.211. The van der Waals surface area contributed by atoms with E-state index in [0.717, 1.165) is 29.9 Å². The first-order chi connectivity index (χ1) is 12.6. The molecule has 0 aliphatic rings. The number of benzene rings is 1. The van der Waals surface area contributed by atoms with Gasteiger partial charge in [0.05, 0.1) is 23.6 Å². The van der Waals surface area contributed by atoms with Gasteiger partial charge in [0.25, 0.3) is 0 Å². The average molecular weight is 386 g/mol. The molecule has 0 N–H and O–H groups in total. The Kier molecular flexibility index (Phi) is 5.77. The van der Waals surface area contributed by atoms with E-state index in [9.17, 15) is 0 Å². The predicted octanol–water partition coefficient (Wildman–Crippen LogP) is 4.18. The minimum atomic E-state index is 0.382. The normalized spacial score (nSPS) is 10.5. The molecule has 0 radical (unpaired) electrons. The van der Waals surface area contributed by atoms with Crippen molar-refractivity contribution in [1.29, 1.82) is 5.26 Å². The van der Waals surface area contributed by atoms with Crippen molar-refractivity contribution in [3.63, 3.8) is 0 Å². The number of likely N-dealkylation sites (N-methyl/N-ethyl adjacent to an activating group) is 1. The van der Waals surface area contributed by atoms with E-state index in [2.05, 4.69) is 20.6 Å². The van der Waals surface area contributed by atoms with Crippen molar-refractivity contribution < 1.29 is 0 Å². The second-order valence-corrected chi connectivity index (χ2v) is 6.68. The van der Waals surface area contributed by atoms with Crippen molar-refractivity contribution in [3.8, 4) is 6.07 Å². The molecule has 0 unspecified atom stereocenters. The van der Waals surface area contributed by atoms with Gasteiger partial charge in [-0.15, -0.1) is 0 Å². The third-order valence-corrected chi connectivity index (χ3v) is 4.63. The lowest BCUT2D eigenvalue weighted by Gasteiger charge is -2.20. The lowest BCUT2D eigenvalue weighted by Crippen LogP contribution is -2.22. The first kappa shape index (κ1) is 18.2. The maximum atomic E-state index is 8.89. The molecule has 7 heteroatoms. The van der Waals surface area contributed by atoms with Crippen LogP contribution in [0.25, 0.3) is 0 Å². The van der Waals surface area contributed by atoms with Crippen LogP contribution in [0.15, 0.2) is 48.9 Å². The Morgan fingerprint density at radius 1 is 1.15 bits per heavy atom. The van der Waals surface area contributed by atoms with E-state index >= 15 is 0 Å². The van der Waals surface area contributed by atoms with Crippen LogP contribution in [0.3, 0.4) is 0 Å². The minimum absolute atomic E-state index is 0.382. The summed E-state index contributed by atoms with van der Waals surface area (Å²) in [6.45, 7) is 1.48. The second kappa shape index (κ2) is 8.22. The van der Waals surface area contributed by atoms with Crippen LogP contribution in [0.1, 0.15) is 16.8 Å². The molecule has 2 heterocycles. The third-order valence-electron chi connectivity index (χ3n) is 4.14. The number of nitriles is 1. The van der Waals surface area contributed by atoms with E-state index in [1.165, 1.54) is 0 Å². The summed E-state index contributed by atoms with van der Waals surface area (Å²) in [4.78, 5) is 10.4. The summed E-state index contributed by atoms with van der Waals surface area (Å²) in [7, 11) is 1.97. The molecule has 0 spiro atoms. The number of anilines is 1. The summed E-state index contributed by atoms with van der Waals surface area (Å²) >= 11 is 12.0. The number of nitrogens with zero attached hydrogens (tertiary/aromatic N) is 5. The van der Waals surface area contributed by atoms with E-state index in [4.69, 9.17) is 28.5 Å². The van der Waals surface area contributed by atoms with Crippen LogP contribution in [0, 0.1) is 11.3 Å². The van der Waals surface area contributed by atoms with Gasteiger partial charge in [-0.05, 0) is 29.8 Å². The van der Waals surface area contributed by atoms with Gasteiger partial charge in [-0.2, -0.15) is 5.26 Å². The molecule has 26 heavy (non-hydrogen) atoms. The molecule has 5 nitrogen and oxygen atoms in total. The van der Waals surface area contributed by atoms with Gasteiger partial charge in [0.15, 0.2) is 5.15 Å². The summed E-state index contributed by atoms with van der Waals surface area (Å²) in [5, 5.41) is 9.67. The molecule has 0 fully saturated rings. The van der Waals surface area contributed by atoms with Gasteiger partial charge in [0, 0.05) is 38.4 Å². The van der Waals surface area contributed by atoms with E-state index in [1.807, 2.05) is 54.8 Å². The SMILES string of the molecule is CN(CCc1cncn1Cc1ccc(C#N)cc1)c1ccc(Cl)nc1Cl. The van der Waals surface area contributed by atoms with Gasteiger partial charge in [-0.25, -0.2) is 9.97 Å². The second-order valence-electron chi connectivity index (χ2n) is 5.94. The quantitative estimate of drug-likeness (QED) is 0.597. The highest BCUT2D eigenvalue weighted by molar-refractivity contribution is 6.34. The van der Waals surface area contributed by atoms with E-state index in [-0.39, 0.29) is 0 Å². The molecule has 0 aliphatic carbocycles. The smallest absolute Gasteiger partial charge is 0.154 e. The summed E-state index contributed by atoms with van der Waals surface area (Å²) in [6.07, 6.45) is 4.51. The fourth-order valence-corrected chi connectivity index (χ4v) is 3.16. The highest BCUT2D eigenvalue weighted by atomic mass is 35.5. The largest absolute Gasteiger partial charge is 0.372 e. The molecule has 0 bridgehead atoms. The van der Waals surface area contributed by atoms with Gasteiger partial charge in [-0.3, -0.25) is 0 Å². The Hall–Kier alpha value is -2.55. The molecule has 3 aromatic rings. The highest BCUT2D eigenvalue weighted by Crippen LogP contribution is 2.24. The molecule has 0 saturated heterocycles. The van der Waals surface area contributed by atoms with Crippen LogP contribution in [0.2, 0.25) is 10.3 Å². The molecular weight excluding hydrogens is 369 g/mol. The number of aromatic nitrogens is 3. The van der Waals surface area contributed by atoms with Crippen molar-refractivity contribution in [2.24, 2.45) is 0 Å². The lowest BCUT2D eigenvalue weighted by molar-refractivity contribution is 0.723. The highest BCUT2D eigenvalue weighted by Gasteiger charge is 2.10. The van der Waals surface area contributed by atoms with E-state index in [1.54, 1.807) is 6.07 Å². The van der Waals surface area contributed by atoms with E-state index in [0.29, 0.717) is 22.4 Å². The van der Waals surface area contributed by atoms with Crippen LogP contribution in [0.5, 0.6) is 0 Å². The average Bonchev–Trinajstić information content (AvgIpc) is 3.07. The molecule has 132 valence electrons. The van der Waals surface area contributed by atoms with Crippen molar-refractivity contribution in [2.45, 2.75) is 13.0 Å². The van der Waals surface area contributed by atoms with Gasteiger partial charge in [0.1, 0.15) is 5.15 Å². The minimum Gasteiger partial charge on any atom is -0.372 e. The first-order valence-corrected chi connectivity index (χ1v) is 8.83. The number of halogens is 2. The van der Waals surface area contributed by atoms with Crippen molar-refractivity contribution >= 4 is 28.9 Å². The molecule has 0 saturated carbocycles. The zero-order valence-electron chi connectivity index (χ0n) is 14.2. The molecule has 1 aromatic carbocycles. The molecule has 2 aromatic heterocycles. The van der Waals surface area contributed by atoms with Crippen LogP contribution >= 0.6 is 23.2 Å². The number of pyridine rings is 1. The van der Waals surface area contributed by atoms with Crippen LogP contribution in [-0.4, -0.2) is 28.1 Å². The zero-order valence-corrected chi connectivity index (χ0v) is 15.7. The third kappa shape index (κ3) is 4.34. The molecule has 0 atom stereocenters. The number of rotatable bonds is 6. The Morgan fingerprint density at radius 3 is 2.62 bits per heavy atom. The maximum Gasteiger partial charge on any atom is 0.154 e. The summed E-state index contributed by atoms with van der Waals surface area (Å²) in [5.41, 5.74) is 3.75. The Balaban J connectivity index is 1.66. The summed E-state index contributed by atoms with van der Waals surface area (Å²) < 4.78 is 2.11. The number of hydrogen-bond acceptors (Lipinski definition) is 4. The maximum absolute atomic E-state index is 8.89. The number of hydrogen-bond donors (Lipinski definition) is 0. The monoisotopic (exact) mass is 385 g/mol. The van der Waals surface area contributed by atoms with Crippen molar-refractivity contribution in [2.75, 3.05) is 18.5 Å². The van der Waals surface area contributed by atoms with Crippen LogP contribution in [0.4, 0.5) is 5.69 Å². The van der Waals surface area contributed by atoms with Crippen LogP contribution in [-0.2, 0) is 13.0 Å². The fourth-order valence-electron chi connectivity index (χ4n) is 2.67. The predicted molar refractivity (Wildman–Crippen MR) is 104 cm³/mol. The Labute approximate surface area is 162 Å². The Morgan fingerprint density at radius 2 is 1.92 bits per heavy atom. The lowest BCUT2D eigenvalue weighted by atomic mass is 10.1. The molecular formula is C19H17Cl2N5. The topological polar surface area (TPSA) is 57.7 Å². The standard InChI is InChI=1S/C19H17Cl2N5/c1-25(17-6-7-18(20)24-19(17)21)9-8-16-11-23-13-26(16)12-15-4-2-14(10-22)3-5-15/h2-7,11,13H,8-9,12H2,1H3. The zero-order chi connectivity index (χ0) is 18.5. The molecule has 0 amide bonds. The first-order valence-electron chi connectivity index (χ1n) is 8.08. The molecule has 0 aliphatic heterocycles. The van der Waals surface area contributed by atoms with Crippen molar-refractivity contribution in [3.05, 3.63) is 76.0 Å². The summed E-state index contributed by atoms with van der Waals surface area (Å²) in [6, 6.07) is 13.3. The summed E-state index contributed by atoms with van der Waals surface area (Å²) in [5.74, 6) is 0. The molecule has 3 rings (SSSR count). The van der Waals surface area contributed by atoms with Gasteiger partial charge >= 0.3 is 0 Å². The van der Waals surface area contributed by atoms with E-state index < -0.39 is 0 Å².